The van der Waals surface area contributed by atoms with Crippen LogP contribution < -0.4 is 10.5 Å². The molecule has 1 aromatic rings. The van der Waals surface area contributed by atoms with Crippen molar-refractivity contribution in [3.05, 3.63) is 29.8 Å². The molecular formula is C27H49ClN2O3. The van der Waals surface area contributed by atoms with Crippen molar-refractivity contribution in [3.63, 3.8) is 0 Å². The second kappa shape index (κ2) is 20.1. The number of hydrogen-bond donors (Lipinski definition) is 1. The largest absolute Gasteiger partial charge is 0.494 e. The number of carbonyl (C=O) groups excluding carboxylic acids is 1. The third-order valence-electron chi connectivity index (χ3n) is 5.89. The Balaban J connectivity index is 0.0000102. The van der Waals surface area contributed by atoms with Gasteiger partial charge in [-0.05, 0) is 68.4 Å². The van der Waals surface area contributed by atoms with Crippen molar-refractivity contribution in [1.82, 2.24) is 4.90 Å². The summed E-state index contributed by atoms with van der Waals surface area (Å²) in [5.74, 6) is 1.67. The lowest BCUT2D eigenvalue weighted by Gasteiger charge is -2.18. The highest BCUT2D eigenvalue weighted by Crippen LogP contribution is 2.16. The van der Waals surface area contributed by atoms with Gasteiger partial charge in [0.05, 0.1) is 13.2 Å². The number of benzene rings is 1. The highest BCUT2D eigenvalue weighted by molar-refractivity contribution is 5.85. The van der Waals surface area contributed by atoms with Gasteiger partial charge < -0.3 is 15.2 Å². The standard InChI is InChI=1S/C27H48N2O3.ClH/c1-5-29(6-2)22-24-13-15-26(16-14-24)31-17-11-9-7-8-10-12-18-32-27(30)20-25(21-28)19-23(3)4;/h13-16,23,25H,5-12,17-22,28H2,1-4H3;1H. The van der Waals surface area contributed by atoms with Crippen molar-refractivity contribution < 1.29 is 14.3 Å². The summed E-state index contributed by atoms with van der Waals surface area (Å²) in [5.41, 5.74) is 7.09. The molecule has 1 atom stereocenters. The zero-order valence-electron chi connectivity index (χ0n) is 21.5. The predicted molar refractivity (Wildman–Crippen MR) is 141 cm³/mol. The number of nitrogens with zero attached hydrogens (tertiary/aromatic N) is 1. The van der Waals surface area contributed by atoms with Gasteiger partial charge in [-0.25, -0.2) is 0 Å². The van der Waals surface area contributed by atoms with Crippen LogP contribution in [0.1, 0.15) is 84.6 Å². The molecule has 192 valence electrons. The molecule has 0 amide bonds. The Morgan fingerprint density at radius 1 is 0.939 bits per heavy atom. The predicted octanol–water partition coefficient (Wildman–Crippen LogP) is 6.22. The van der Waals surface area contributed by atoms with Gasteiger partial charge in [0.2, 0.25) is 0 Å². The van der Waals surface area contributed by atoms with E-state index in [0.29, 0.717) is 25.5 Å². The van der Waals surface area contributed by atoms with Crippen molar-refractivity contribution in [1.29, 1.82) is 0 Å². The van der Waals surface area contributed by atoms with Crippen LogP contribution in [0.5, 0.6) is 5.75 Å². The number of hydrogen-bond acceptors (Lipinski definition) is 5. The van der Waals surface area contributed by atoms with Gasteiger partial charge in [-0.2, -0.15) is 0 Å². The number of unbranched alkanes of at least 4 members (excludes halogenated alkanes) is 5. The van der Waals surface area contributed by atoms with Gasteiger partial charge >= 0.3 is 5.97 Å². The fourth-order valence-electron chi connectivity index (χ4n) is 3.91. The number of nitrogens with two attached hydrogens (primary N) is 1. The first kappa shape index (κ1) is 31.7. The van der Waals surface area contributed by atoms with Crippen molar-refractivity contribution in [2.24, 2.45) is 17.6 Å². The minimum Gasteiger partial charge on any atom is -0.494 e. The summed E-state index contributed by atoms with van der Waals surface area (Å²) >= 11 is 0. The number of halogens is 1. The van der Waals surface area contributed by atoms with Gasteiger partial charge in [-0.1, -0.05) is 65.5 Å². The maximum atomic E-state index is 11.9. The topological polar surface area (TPSA) is 64.8 Å². The van der Waals surface area contributed by atoms with E-state index in [0.717, 1.165) is 57.7 Å². The summed E-state index contributed by atoms with van der Waals surface area (Å²) in [5, 5.41) is 0. The molecule has 1 aromatic carbocycles. The number of ether oxygens (including phenoxy) is 2. The van der Waals surface area contributed by atoms with E-state index < -0.39 is 0 Å². The van der Waals surface area contributed by atoms with E-state index in [1.165, 1.54) is 24.8 Å². The Bertz CT molecular complexity index is 592. The smallest absolute Gasteiger partial charge is 0.306 e. The van der Waals surface area contributed by atoms with Gasteiger partial charge in [0, 0.05) is 13.0 Å². The van der Waals surface area contributed by atoms with E-state index in [2.05, 4.69) is 56.9 Å². The van der Waals surface area contributed by atoms with Crippen LogP contribution in [-0.4, -0.2) is 43.7 Å². The SMILES string of the molecule is CCN(CC)Cc1ccc(OCCCCCCCCOC(=O)CC(CN)CC(C)C)cc1.Cl. The zero-order chi connectivity index (χ0) is 23.6. The molecule has 0 bridgehead atoms. The second-order valence-electron chi connectivity index (χ2n) is 9.23. The van der Waals surface area contributed by atoms with Crippen LogP contribution in [-0.2, 0) is 16.1 Å². The lowest BCUT2D eigenvalue weighted by molar-refractivity contribution is -0.144. The fraction of sp³-hybridized carbons (Fsp3) is 0.741. The lowest BCUT2D eigenvalue weighted by Crippen LogP contribution is -2.21. The van der Waals surface area contributed by atoms with Gasteiger partial charge in [0.1, 0.15) is 5.75 Å². The number of esters is 1. The lowest BCUT2D eigenvalue weighted by atomic mass is 9.94. The van der Waals surface area contributed by atoms with Crippen LogP contribution in [0.15, 0.2) is 24.3 Å². The second-order valence-corrected chi connectivity index (χ2v) is 9.23. The van der Waals surface area contributed by atoms with Crippen molar-refractivity contribution >= 4 is 18.4 Å². The summed E-state index contributed by atoms with van der Waals surface area (Å²) in [7, 11) is 0. The normalized spacial score (nSPS) is 12.0. The van der Waals surface area contributed by atoms with Gasteiger partial charge in [-0.3, -0.25) is 9.69 Å². The van der Waals surface area contributed by atoms with E-state index in [-0.39, 0.29) is 24.3 Å². The molecule has 5 nitrogen and oxygen atoms in total. The van der Waals surface area contributed by atoms with Crippen LogP contribution in [0.25, 0.3) is 0 Å². The van der Waals surface area contributed by atoms with Crippen LogP contribution in [0.4, 0.5) is 0 Å². The number of carbonyl (C=O) groups is 1. The molecule has 0 aliphatic heterocycles. The average molecular weight is 485 g/mol. The zero-order valence-corrected chi connectivity index (χ0v) is 22.3. The molecule has 0 radical (unpaired) electrons. The van der Waals surface area contributed by atoms with Crippen molar-refractivity contribution in [2.45, 2.75) is 85.6 Å². The van der Waals surface area contributed by atoms with E-state index in [1.54, 1.807) is 0 Å². The monoisotopic (exact) mass is 484 g/mol. The Kier molecular flexibility index (Phi) is 19.3. The van der Waals surface area contributed by atoms with Crippen LogP contribution in [0.3, 0.4) is 0 Å². The minimum absolute atomic E-state index is 0. The molecule has 0 aliphatic rings. The Labute approximate surface area is 209 Å². The minimum atomic E-state index is -0.0978. The molecule has 0 saturated heterocycles. The first-order valence-corrected chi connectivity index (χ1v) is 12.8. The molecule has 1 rings (SSSR count). The van der Waals surface area contributed by atoms with Crippen LogP contribution >= 0.6 is 12.4 Å². The molecule has 0 spiro atoms. The fourth-order valence-corrected chi connectivity index (χ4v) is 3.91. The Hall–Kier alpha value is -1.30. The quantitative estimate of drug-likeness (QED) is 0.186. The van der Waals surface area contributed by atoms with Gasteiger partial charge in [-0.15, -0.1) is 12.4 Å². The third-order valence-corrected chi connectivity index (χ3v) is 5.89. The van der Waals surface area contributed by atoms with Gasteiger partial charge in [0.25, 0.3) is 0 Å². The molecule has 0 fully saturated rings. The highest BCUT2D eigenvalue weighted by atomic mass is 35.5. The Morgan fingerprint density at radius 3 is 2.06 bits per heavy atom. The van der Waals surface area contributed by atoms with Gasteiger partial charge in [0.15, 0.2) is 0 Å². The van der Waals surface area contributed by atoms with Crippen LogP contribution in [0.2, 0.25) is 0 Å². The first-order valence-electron chi connectivity index (χ1n) is 12.8. The van der Waals surface area contributed by atoms with E-state index >= 15 is 0 Å². The first-order chi connectivity index (χ1) is 15.5. The third kappa shape index (κ3) is 16.0. The van der Waals surface area contributed by atoms with Crippen LogP contribution in [0, 0.1) is 11.8 Å². The maximum Gasteiger partial charge on any atom is 0.306 e. The molecular weight excluding hydrogens is 436 g/mol. The molecule has 33 heavy (non-hydrogen) atoms. The molecule has 1 unspecified atom stereocenters. The van der Waals surface area contributed by atoms with Crippen molar-refractivity contribution in [2.75, 3.05) is 32.8 Å². The molecule has 2 N–H and O–H groups in total. The molecule has 0 heterocycles. The molecule has 0 aromatic heterocycles. The summed E-state index contributed by atoms with van der Waals surface area (Å²) < 4.78 is 11.2. The Morgan fingerprint density at radius 2 is 1.52 bits per heavy atom. The summed E-state index contributed by atoms with van der Waals surface area (Å²) in [6, 6.07) is 8.50. The summed E-state index contributed by atoms with van der Waals surface area (Å²) in [4.78, 5) is 14.3. The van der Waals surface area contributed by atoms with E-state index in [4.69, 9.17) is 15.2 Å². The molecule has 0 aliphatic carbocycles. The van der Waals surface area contributed by atoms with E-state index in [1.807, 2.05) is 0 Å². The highest BCUT2D eigenvalue weighted by Gasteiger charge is 2.14. The van der Waals surface area contributed by atoms with Crippen molar-refractivity contribution in [3.8, 4) is 5.75 Å². The van der Waals surface area contributed by atoms with E-state index in [9.17, 15) is 4.79 Å². The molecule has 0 saturated carbocycles. The maximum absolute atomic E-state index is 11.9. The summed E-state index contributed by atoms with van der Waals surface area (Å²) in [6.07, 6.45) is 8.11. The number of rotatable bonds is 19. The molecule has 6 heteroatoms. The summed E-state index contributed by atoms with van der Waals surface area (Å²) in [6.45, 7) is 13.7. The average Bonchev–Trinajstić information content (AvgIpc) is 2.78.